The van der Waals surface area contributed by atoms with Gasteiger partial charge in [-0.2, -0.15) is 0 Å². The molecular formula is C15H18ClNO3. The Bertz CT molecular complexity index is 530. The molecule has 2 rings (SSSR count). The molecule has 20 heavy (non-hydrogen) atoms. The van der Waals surface area contributed by atoms with E-state index in [1.54, 1.807) is 18.2 Å². The van der Waals surface area contributed by atoms with Crippen LogP contribution in [-0.2, 0) is 4.79 Å². The van der Waals surface area contributed by atoms with Crippen molar-refractivity contribution in [1.82, 2.24) is 5.32 Å². The minimum atomic E-state index is -0.835. The second-order valence-corrected chi connectivity index (χ2v) is 5.70. The molecule has 0 heterocycles. The van der Waals surface area contributed by atoms with Crippen molar-refractivity contribution < 1.29 is 14.7 Å². The van der Waals surface area contributed by atoms with E-state index >= 15 is 0 Å². The Morgan fingerprint density at radius 3 is 2.70 bits per heavy atom. The molecule has 5 heteroatoms. The van der Waals surface area contributed by atoms with Crippen LogP contribution in [0.3, 0.4) is 0 Å². The number of carbonyl (C=O) groups is 2. The van der Waals surface area contributed by atoms with Crippen LogP contribution >= 0.6 is 11.6 Å². The van der Waals surface area contributed by atoms with Crippen molar-refractivity contribution in [1.29, 1.82) is 0 Å². The van der Waals surface area contributed by atoms with Crippen molar-refractivity contribution in [2.24, 2.45) is 5.92 Å². The smallest absolute Gasteiger partial charge is 0.308 e. The van der Waals surface area contributed by atoms with E-state index in [0.717, 1.165) is 18.4 Å². The molecule has 4 nitrogen and oxygen atoms in total. The van der Waals surface area contributed by atoms with E-state index in [2.05, 4.69) is 5.32 Å². The number of carboxylic acids is 1. The Hall–Kier alpha value is -1.55. The number of hydrogen-bond donors (Lipinski definition) is 2. The van der Waals surface area contributed by atoms with Gasteiger partial charge in [0.15, 0.2) is 0 Å². The summed E-state index contributed by atoms with van der Waals surface area (Å²) in [5, 5.41) is 12.6. The highest BCUT2D eigenvalue weighted by Crippen LogP contribution is 2.25. The van der Waals surface area contributed by atoms with Crippen LogP contribution in [0.4, 0.5) is 0 Å². The highest BCUT2D eigenvalue weighted by Gasteiger charge is 2.32. The summed E-state index contributed by atoms with van der Waals surface area (Å²) in [5.74, 6) is -1.58. The van der Waals surface area contributed by atoms with E-state index in [-0.39, 0.29) is 11.9 Å². The normalized spacial score (nSPS) is 22.3. The minimum Gasteiger partial charge on any atom is -0.481 e. The maximum absolute atomic E-state index is 12.3. The molecule has 2 N–H and O–H groups in total. The quantitative estimate of drug-likeness (QED) is 0.901. The summed E-state index contributed by atoms with van der Waals surface area (Å²) in [4.78, 5) is 23.5. The zero-order valence-electron chi connectivity index (χ0n) is 11.4. The lowest BCUT2D eigenvalue weighted by atomic mass is 9.84. The summed E-state index contributed by atoms with van der Waals surface area (Å²) in [6.07, 6.45) is 3.18. The van der Waals surface area contributed by atoms with Crippen LogP contribution in [0.25, 0.3) is 0 Å². The zero-order valence-corrected chi connectivity index (χ0v) is 12.1. The maximum atomic E-state index is 12.3. The van der Waals surface area contributed by atoms with Gasteiger partial charge >= 0.3 is 5.97 Å². The van der Waals surface area contributed by atoms with E-state index in [4.69, 9.17) is 11.6 Å². The van der Waals surface area contributed by atoms with Crippen molar-refractivity contribution in [3.05, 3.63) is 34.3 Å². The molecule has 1 amide bonds. The van der Waals surface area contributed by atoms with Crippen molar-refractivity contribution in [2.45, 2.75) is 38.6 Å². The first kappa shape index (κ1) is 14.9. The molecule has 1 aliphatic rings. The predicted molar refractivity (Wildman–Crippen MR) is 77.0 cm³/mol. The van der Waals surface area contributed by atoms with Gasteiger partial charge in [-0.15, -0.1) is 0 Å². The predicted octanol–water partition coefficient (Wildman–Crippen LogP) is 3.02. The van der Waals surface area contributed by atoms with Crippen molar-refractivity contribution >= 4 is 23.5 Å². The largest absolute Gasteiger partial charge is 0.481 e. The number of rotatable bonds is 3. The van der Waals surface area contributed by atoms with Crippen LogP contribution in [0.1, 0.15) is 41.6 Å². The standard InChI is InChI=1S/C15H18ClNO3/c1-9-6-7-10(16)8-12(9)14(18)17-13-5-3-2-4-11(13)15(19)20/h6-8,11,13H,2-5H2,1H3,(H,17,18)(H,19,20). The number of aryl methyl sites for hydroxylation is 1. The van der Waals surface area contributed by atoms with Gasteiger partial charge in [0.2, 0.25) is 0 Å². The van der Waals surface area contributed by atoms with Gasteiger partial charge in [0, 0.05) is 16.6 Å². The third-order valence-electron chi connectivity index (χ3n) is 3.84. The number of benzene rings is 1. The number of hydrogen-bond acceptors (Lipinski definition) is 2. The van der Waals surface area contributed by atoms with Gasteiger partial charge in [-0.1, -0.05) is 30.5 Å². The minimum absolute atomic E-state index is 0.247. The Morgan fingerprint density at radius 1 is 1.30 bits per heavy atom. The molecule has 1 aromatic rings. The molecule has 1 aliphatic carbocycles. The van der Waals surface area contributed by atoms with Crippen LogP contribution < -0.4 is 5.32 Å². The summed E-state index contributed by atoms with van der Waals surface area (Å²) in [6, 6.07) is 4.83. The molecule has 0 aromatic heterocycles. The van der Waals surface area contributed by atoms with E-state index in [1.807, 2.05) is 6.92 Å². The molecule has 2 unspecified atom stereocenters. The molecule has 0 bridgehead atoms. The molecule has 0 aliphatic heterocycles. The summed E-state index contributed by atoms with van der Waals surface area (Å²) < 4.78 is 0. The van der Waals surface area contributed by atoms with Crippen LogP contribution in [0, 0.1) is 12.8 Å². The average molecular weight is 296 g/mol. The zero-order chi connectivity index (χ0) is 14.7. The lowest BCUT2D eigenvalue weighted by Gasteiger charge is -2.29. The second-order valence-electron chi connectivity index (χ2n) is 5.27. The fourth-order valence-electron chi connectivity index (χ4n) is 2.68. The monoisotopic (exact) mass is 295 g/mol. The van der Waals surface area contributed by atoms with E-state index in [0.29, 0.717) is 23.4 Å². The number of carbonyl (C=O) groups excluding carboxylic acids is 1. The van der Waals surface area contributed by atoms with Crippen molar-refractivity contribution in [3.8, 4) is 0 Å². The first-order valence-corrected chi connectivity index (χ1v) is 7.16. The van der Waals surface area contributed by atoms with Crippen molar-refractivity contribution in [2.75, 3.05) is 0 Å². The van der Waals surface area contributed by atoms with Gasteiger partial charge in [-0.25, -0.2) is 0 Å². The Kier molecular flexibility index (Phi) is 4.65. The fourth-order valence-corrected chi connectivity index (χ4v) is 2.86. The number of aliphatic carboxylic acids is 1. The maximum Gasteiger partial charge on any atom is 0.308 e. The van der Waals surface area contributed by atoms with Gasteiger partial charge in [0.1, 0.15) is 0 Å². The third-order valence-corrected chi connectivity index (χ3v) is 4.08. The highest BCUT2D eigenvalue weighted by atomic mass is 35.5. The molecule has 1 saturated carbocycles. The summed E-state index contributed by atoms with van der Waals surface area (Å²) in [5.41, 5.74) is 1.33. The highest BCUT2D eigenvalue weighted by molar-refractivity contribution is 6.31. The Labute approximate surface area is 123 Å². The number of carboxylic acid groups (broad SMARTS) is 1. The topological polar surface area (TPSA) is 66.4 Å². The van der Waals surface area contributed by atoms with Gasteiger partial charge < -0.3 is 10.4 Å². The number of halogens is 1. The SMILES string of the molecule is Cc1ccc(Cl)cc1C(=O)NC1CCCCC1C(=O)O. The van der Waals surface area contributed by atoms with Gasteiger partial charge in [-0.05, 0) is 37.5 Å². The summed E-state index contributed by atoms with van der Waals surface area (Å²) in [6.45, 7) is 1.83. The van der Waals surface area contributed by atoms with Crippen LogP contribution in [0.2, 0.25) is 5.02 Å². The molecule has 0 saturated heterocycles. The van der Waals surface area contributed by atoms with E-state index < -0.39 is 11.9 Å². The lowest BCUT2D eigenvalue weighted by molar-refractivity contribution is -0.143. The van der Waals surface area contributed by atoms with Gasteiger partial charge in [-0.3, -0.25) is 9.59 Å². The Morgan fingerprint density at radius 2 is 2.00 bits per heavy atom. The van der Waals surface area contributed by atoms with E-state index in [9.17, 15) is 14.7 Å². The first-order valence-electron chi connectivity index (χ1n) is 6.79. The fraction of sp³-hybridized carbons (Fsp3) is 0.467. The number of nitrogens with one attached hydrogen (secondary N) is 1. The number of amides is 1. The summed E-state index contributed by atoms with van der Waals surface area (Å²) in [7, 11) is 0. The third kappa shape index (κ3) is 3.31. The lowest BCUT2D eigenvalue weighted by Crippen LogP contribution is -2.45. The van der Waals surface area contributed by atoms with Crippen LogP contribution in [0.15, 0.2) is 18.2 Å². The first-order chi connectivity index (χ1) is 9.49. The molecule has 1 fully saturated rings. The molecule has 108 valence electrons. The summed E-state index contributed by atoms with van der Waals surface area (Å²) >= 11 is 5.91. The second kappa shape index (κ2) is 6.27. The van der Waals surface area contributed by atoms with Gasteiger partial charge in [0.05, 0.1) is 5.92 Å². The molecule has 1 aromatic carbocycles. The van der Waals surface area contributed by atoms with Gasteiger partial charge in [0.25, 0.3) is 5.91 Å². The molecular weight excluding hydrogens is 278 g/mol. The van der Waals surface area contributed by atoms with Crippen LogP contribution in [-0.4, -0.2) is 23.0 Å². The Balaban J connectivity index is 2.13. The molecule has 0 spiro atoms. The van der Waals surface area contributed by atoms with Crippen molar-refractivity contribution in [3.63, 3.8) is 0 Å². The van der Waals surface area contributed by atoms with Crippen LogP contribution in [0.5, 0.6) is 0 Å². The molecule has 2 atom stereocenters. The van der Waals surface area contributed by atoms with E-state index in [1.165, 1.54) is 0 Å². The average Bonchev–Trinajstić information content (AvgIpc) is 2.41. The molecule has 0 radical (unpaired) electrons.